The molecule has 0 atom stereocenters. The van der Waals surface area contributed by atoms with Gasteiger partial charge in [-0.2, -0.15) is 0 Å². The van der Waals surface area contributed by atoms with Crippen molar-refractivity contribution in [1.29, 1.82) is 0 Å². The number of hydrogen-bond acceptors (Lipinski definition) is 3. The Balaban J connectivity index is 2.22. The van der Waals surface area contributed by atoms with E-state index >= 15 is 0 Å². The molecule has 1 amide bonds. The van der Waals surface area contributed by atoms with Crippen LogP contribution in [-0.4, -0.2) is 22.6 Å². The number of methoxy groups -OCH3 is 1. The average Bonchev–Trinajstić information content (AvgIpc) is 2.93. The monoisotopic (exact) mass is 281 g/mol. The van der Waals surface area contributed by atoms with Gasteiger partial charge in [-0.15, -0.1) is 0 Å². The zero-order valence-corrected chi connectivity index (χ0v) is 11.6. The van der Waals surface area contributed by atoms with Crippen LogP contribution in [0.15, 0.2) is 48.8 Å². The number of fused-ring (bicyclic) bond motifs is 1. The average molecular weight is 281 g/mol. The lowest BCUT2D eigenvalue weighted by molar-refractivity contribution is -0.118. The number of aromatic nitrogens is 2. The number of imidazole rings is 1. The van der Waals surface area contributed by atoms with Crippen LogP contribution < -0.4 is 10.5 Å². The van der Waals surface area contributed by atoms with E-state index in [0.29, 0.717) is 5.82 Å². The van der Waals surface area contributed by atoms with E-state index < -0.39 is 5.91 Å². The molecule has 0 fully saturated rings. The molecular formula is C16H15N3O2. The van der Waals surface area contributed by atoms with Crippen LogP contribution in [0.4, 0.5) is 0 Å². The summed E-state index contributed by atoms with van der Waals surface area (Å²) in [6, 6.07) is 11.8. The molecule has 2 aromatic carbocycles. The zero-order valence-electron chi connectivity index (χ0n) is 11.6. The normalized spacial score (nSPS) is 10.7. The van der Waals surface area contributed by atoms with Crippen molar-refractivity contribution in [2.45, 2.75) is 6.54 Å². The van der Waals surface area contributed by atoms with Crippen LogP contribution in [0.25, 0.3) is 22.2 Å². The largest absolute Gasteiger partial charge is 0.496 e. The number of nitrogens with zero attached hydrogens (tertiary/aromatic N) is 2. The second kappa shape index (κ2) is 5.28. The number of carbonyl (C=O) groups excluding carboxylic acids is 1. The Morgan fingerprint density at radius 3 is 2.71 bits per heavy atom. The first-order valence-electron chi connectivity index (χ1n) is 6.56. The molecule has 0 saturated carbocycles. The maximum Gasteiger partial charge on any atom is 0.237 e. The smallest absolute Gasteiger partial charge is 0.237 e. The second-order valence-corrected chi connectivity index (χ2v) is 4.71. The van der Waals surface area contributed by atoms with E-state index in [-0.39, 0.29) is 6.54 Å². The van der Waals surface area contributed by atoms with Crippen LogP contribution >= 0.6 is 0 Å². The van der Waals surface area contributed by atoms with E-state index in [9.17, 15) is 4.79 Å². The van der Waals surface area contributed by atoms with Crippen LogP contribution in [-0.2, 0) is 11.3 Å². The molecule has 5 heteroatoms. The van der Waals surface area contributed by atoms with Gasteiger partial charge in [-0.3, -0.25) is 4.79 Å². The van der Waals surface area contributed by atoms with Gasteiger partial charge in [0.05, 0.1) is 7.11 Å². The first-order chi connectivity index (χ1) is 10.2. The molecule has 0 aliphatic heterocycles. The maximum atomic E-state index is 11.2. The lowest BCUT2D eigenvalue weighted by Gasteiger charge is -2.11. The fourth-order valence-corrected chi connectivity index (χ4v) is 2.49. The summed E-state index contributed by atoms with van der Waals surface area (Å²) in [4.78, 5) is 15.5. The first-order valence-corrected chi connectivity index (χ1v) is 6.56. The first kappa shape index (κ1) is 13.2. The molecule has 0 unspecified atom stereocenters. The van der Waals surface area contributed by atoms with Crippen LogP contribution in [0.1, 0.15) is 0 Å². The number of ether oxygens (including phenoxy) is 1. The number of nitrogens with two attached hydrogens (primary N) is 1. The Morgan fingerprint density at radius 2 is 2.00 bits per heavy atom. The fourth-order valence-electron chi connectivity index (χ4n) is 2.49. The highest BCUT2D eigenvalue weighted by molar-refractivity contribution is 5.99. The van der Waals surface area contributed by atoms with Crippen LogP contribution in [0.2, 0.25) is 0 Å². The third kappa shape index (κ3) is 2.33. The quantitative estimate of drug-likeness (QED) is 0.797. The van der Waals surface area contributed by atoms with Gasteiger partial charge in [-0.1, -0.05) is 24.3 Å². The van der Waals surface area contributed by atoms with E-state index in [4.69, 9.17) is 10.5 Å². The van der Waals surface area contributed by atoms with Crippen molar-refractivity contribution in [3.8, 4) is 17.1 Å². The van der Waals surface area contributed by atoms with Crippen molar-refractivity contribution in [3.63, 3.8) is 0 Å². The van der Waals surface area contributed by atoms with Gasteiger partial charge in [-0.05, 0) is 17.5 Å². The van der Waals surface area contributed by atoms with Gasteiger partial charge >= 0.3 is 0 Å². The number of amides is 1. The molecule has 0 aliphatic carbocycles. The summed E-state index contributed by atoms with van der Waals surface area (Å²) in [6.07, 6.45) is 3.41. The number of primary amides is 1. The summed E-state index contributed by atoms with van der Waals surface area (Å²) in [7, 11) is 1.65. The summed E-state index contributed by atoms with van der Waals surface area (Å²) in [6.45, 7) is 0.107. The van der Waals surface area contributed by atoms with Gasteiger partial charge in [0.15, 0.2) is 0 Å². The molecule has 5 nitrogen and oxygen atoms in total. The van der Waals surface area contributed by atoms with Crippen molar-refractivity contribution in [3.05, 3.63) is 48.8 Å². The minimum absolute atomic E-state index is 0.107. The van der Waals surface area contributed by atoms with Gasteiger partial charge in [0, 0.05) is 23.3 Å². The summed E-state index contributed by atoms with van der Waals surface area (Å²) in [5.41, 5.74) is 6.22. The topological polar surface area (TPSA) is 70.1 Å². The number of hydrogen-bond donors (Lipinski definition) is 1. The lowest BCUT2D eigenvalue weighted by Crippen LogP contribution is -2.18. The van der Waals surface area contributed by atoms with Crippen molar-refractivity contribution < 1.29 is 9.53 Å². The molecule has 106 valence electrons. The minimum atomic E-state index is -0.396. The second-order valence-electron chi connectivity index (χ2n) is 4.71. The maximum absolute atomic E-state index is 11.2. The summed E-state index contributed by atoms with van der Waals surface area (Å²) >= 11 is 0. The highest BCUT2D eigenvalue weighted by atomic mass is 16.5. The molecule has 3 aromatic rings. The highest BCUT2D eigenvalue weighted by Gasteiger charge is 2.13. The Bertz CT molecular complexity index is 808. The molecule has 2 N–H and O–H groups in total. The molecule has 21 heavy (non-hydrogen) atoms. The van der Waals surface area contributed by atoms with Gasteiger partial charge in [-0.25, -0.2) is 4.98 Å². The van der Waals surface area contributed by atoms with Gasteiger partial charge < -0.3 is 15.0 Å². The van der Waals surface area contributed by atoms with Crippen molar-refractivity contribution >= 4 is 16.7 Å². The predicted molar refractivity (Wildman–Crippen MR) is 80.9 cm³/mol. The van der Waals surface area contributed by atoms with Crippen molar-refractivity contribution in [1.82, 2.24) is 9.55 Å². The molecule has 3 rings (SSSR count). The zero-order chi connectivity index (χ0) is 14.8. The molecule has 0 radical (unpaired) electrons. The highest BCUT2D eigenvalue weighted by Crippen LogP contribution is 2.33. The predicted octanol–water partition coefficient (Wildman–Crippen LogP) is 2.20. The Labute approximate surface area is 122 Å². The number of carbonyl (C=O) groups is 1. The minimum Gasteiger partial charge on any atom is -0.496 e. The Hall–Kier alpha value is -2.82. The molecule has 1 heterocycles. The molecular weight excluding hydrogens is 266 g/mol. The number of benzene rings is 2. The Kier molecular flexibility index (Phi) is 3.31. The SMILES string of the molecule is COc1ccc(-c2nccn2CC(N)=O)c2ccccc12. The van der Waals surface area contributed by atoms with Gasteiger partial charge in [0.2, 0.25) is 5.91 Å². The van der Waals surface area contributed by atoms with E-state index in [1.54, 1.807) is 24.1 Å². The van der Waals surface area contributed by atoms with Gasteiger partial charge in [0.1, 0.15) is 18.1 Å². The third-order valence-corrected chi connectivity index (χ3v) is 3.39. The van der Waals surface area contributed by atoms with E-state index in [2.05, 4.69) is 4.98 Å². The molecule has 0 bridgehead atoms. The summed E-state index contributed by atoms with van der Waals surface area (Å²) < 4.78 is 7.14. The van der Waals surface area contributed by atoms with E-state index in [1.807, 2.05) is 36.4 Å². The molecule has 0 aliphatic rings. The van der Waals surface area contributed by atoms with E-state index in [1.165, 1.54) is 0 Å². The lowest BCUT2D eigenvalue weighted by atomic mass is 10.0. The number of rotatable bonds is 4. The van der Waals surface area contributed by atoms with Crippen molar-refractivity contribution in [2.24, 2.45) is 5.73 Å². The summed E-state index contributed by atoms with van der Waals surface area (Å²) in [5.74, 6) is 1.13. The van der Waals surface area contributed by atoms with Crippen LogP contribution in [0.5, 0.6) is 5.75 Å². The fraction of sp³-hybridized carbons (Fsp3) is 0.125. The standard InChI is InChI=1S/C16H15N3O2/c1-21-14-7-6-13(11-4-2-3-5-12(11)14)16-18-8-9-19(16)10-15(17)20/h2-9H,10H2,1H3,(H2,17,20). The van der Waals surface area contributed by atoms with Crippen LogP contribution in [0, 0.1) is 0 Å². The molecule has 1 aromatic heterocycles. The summed E-state index contributed by atoms with van der Waals surface area (Å²) in [5, 5.41) is 2.03. The molecule has 0 spiro atoms. The van der Waals surface area contributed by atoms with Crippen molar-refractivity contribution in [2.75, 3.05) is 7.11 Å². The van der Waals surface area contributed by atoms with Crippen LogP contribution in [0.3, 0.4) is 0 Å². The Morgan fingerprint density at radius 1 is 1.24 bits per heavy atom. The van der Waals surface area contributed by atoms with E-state index in [0.717, 1.165) is 22.1 Å². The van der Waals surface area contributed by atoms with Gasteiger partial charge in [0.25, 0.3) is 0 Å². The third-order valence-electron chi connectivity index (χ3n) is 3.39. The molecule has 0 saturated heterocycles.